The topological polar surface area (TPSA) is 58.4 Å². The molecular formula is C18H23N3O2. The molecule has 5 nitrogen and oxygen atoms in total. The summed E-state index contributed by atoms with van der Waals surface area (Å²) in [6.45, 7) is 5.28. The van der Waals surface area contributed by atoms with E-state index in [0.29, 0.717) is 6.54 Å². The van der Waals surface area contributed by atoms with Crippen LogP contribution in [0.3, 0.4) is 0 Å². The normalized spacial score (nSPS) is 17.5. The number of nitrogens with one attached hydrogen (secondary N) is 1. The van der Waals surface area contributed by atoms with Crippen LogP contribution in [0.1, 0.15) is 48.6 Å². The molecule has 122 valence electrons. The third-order valence-corrected chi connectivity index (χ3v) is 4.29. The van der Waals surface area contributed by atoms with Gasteiger partial charge >= 0.3 is 6.03 Å². The molecule has 0 radical (unpaired) electrons. The van der Waals surface area contributed by atoms with Gasteiger partial charge in [-0.05, 0) is 43.5 Å². The number of hydrogen-bond acceptors (Lipinski definition) is 3. The van der Waals surface area contributed by atoms with Crippen molar-refractivity contribution < 1.29 is 9.21 Å². The van der Waals surface area contributed by atoms with E-state index in [1.54, 1.807) is 6.20 Å². The Labute approximate surface area is 136 Å². The predicted molar refractivity (Wildman–Crippen MR) is 88.0 cm³/mol. The molecule has 1 fully saturated rings. The molecule has 0 spiro atoms. The SMILES string of the molecule is CCc1ccc(C2CCCN2C(=O)NCc2ccc(C)nc2)o1. The number of hydrogen-bond donors (Lipinski definition) is 1. The van der Waals surface area contributed by atoms with Crippen LogP contribution in [-0.2, 0) is 13.0 Å². The second kappa shape index (κ2) is 6.86. The maximum atomic E-state index is 12.5. The Hall–Kier alpha value is -2.30. The lowest BCUT2D eigenvalue weighted by atomic mass is 10.2. The van der Waals surface area contributed by atoms with E-state index < -0.39 is 0 Å². The van der Waals surface area contributed by atoms with Crippen LogP contribution in [0.2, 0.25) is 0 Å². The summed E-state index contributed by atoms with van der Waals surface area (Å²) >= 11 is 0. The average molecular weight is 313 g/mol. The van der Waals surface area contributed by atoms with Crippen LogP contribution < -0.4 is 5.32 Å². The Morgan fingerprint density at radius 3 is 2.96 bits per heavy atom. The molecule has 1 unspecified atom stereocenters. The third-order valence-electron chi connectivity index (χ3n) is 4.29. The van der Waals surface area contributed by atoms with Crippen molar-refractivity contribution >= 4 is 6.03 Å². The summed E-state index contributed by atoms with van der Waals surface area (Å²) in [4.78, 5) is 18.6. The van der Waals surface area contributed by atoms with Crippen LogP contribution in [0, 0.1) is 6.92 Å². The first-order valence-electron chi connectivity index (χ1n) is 8.22. The van der Waals surface area contributed by atoms with E-state index in [9.17, 15) is 4.79 Å². The summed E-state index contributed by atoms with van der Waals surface area (Å²) in [5, 5.41) is 2.99. The Balaban J connectivity index is 1.62. The summed E-state index contributed by atoms with van der Waals surface area (Å²) in [6.07, 6.45) is 4.64. The van der Waals surface area contributed by atoms with Crippen molar-refractivity contribution in [2.75, 3.05) is 6.54 Å². The lowest BCUT2D eigenvalue weighted by Crippen LogP contribution is -2.39. The Kier molecular flexibility index (Phi) is 4.65. The number of rotatable bonds is 4. The molecule has 2 amide bonds. The summed E-state index contributed by atoms with van der Waals surface area (Å²) in [5.41, 5.74) is 1.98. The van der Waals surface area contributed by atoms with Gasteiger partial charge in [0.1, 0.15) is 11.5 Å². The zero-order valence-electron chi connectivity index (χ0n) is 13.7. The minimum absolute atomic E-state index is 0.0393. The van der Waals surface area contributed by atoms with E-state index in [1.165, 1.54) is 0 Å². The second-order valence-electron chi connectivity index (χ2n) is 5.98. The van der Waals surface area contributed by atoms with E-state index in [0.717, 1.165) is 48.6 Å². The van der Waals surface area contributed by atoms with Gasteiger partial charge in [-0.1, -0.05) is 13.0 Å². The van der Waals surface area contributed by atoms with E-state index in [2.05, 4.69) is 17.2 Å². The van der Waals surface area contributed by atoms with Gasteiger partial charge in [0.15, 0.2) is 0 Å². The Bertz CT molecular complexity index is 663. The molecule has 5 heteroatoms. The second-order valence-corrected chi connectivity index (χ2v) is 5.98. The van der Waals surface area contributed by atoms with Crippen LogP contribution in [-0.4, -0.2) is 22.5 Å². The van der Waals surface area contributed by atoms with Crippen molar-refractivity contribution in [1.82, 2.24) is 15.2 Å². The third kappa shape index (κ3) is 3.55. The standard InChI is InChI=1S/C18H23N3O2/c1-3-15-8-9-17(23-15)16-5-4-10-21(16)18(22)20-12-14-7-6-13(2)19-11-14/h6-9,11,16H,3-5,10,12H2,1-2H3,(H,20,22). The first kappa shape index (κ1) is 15.6. The van der Waals surface area contributed by atoms with Gasteiger partial charge in [-0.3, -0.25) is 4.98 Å². The number of aryl methyl sites for hydroxylation is 2. The van der Waals surface area contributed by atoms with Gasteiger partial charge in [0, 0.05) is 31.4 Å². The van der Waals surface area contributed by atoms with Crippen molar-refractivity contribution in [3.8, 4) is 0 Å². The molecule has 2 aromatic rings. The van der Waals surface area contributed by atoms with Gasteiger partial charge in [-0.15, -0.1) is 0 Å². The molecule has 1 atom stereocenters. The fraction of sp³-hybridized carbons (Fsp3) is 0.444. The predicted octanol–water partition coefficient (Wildman–Crippen LogP) is 3.59. The molecule has 2 aromatic heterocycles. The summed E-state index contributed by atoms with van der Waals surface area (Å²) in [7, 11) is 0. The smallest absolute Gasteiger partial charge is 0.318 e. The number of likely N-dealkylation sites (tertiary alicyclic amines) is 1. The maximum Gasteiger partial charge on any atom is 0.318 e. The zero-order valence-corrected chi connectivity index (χ0v) is 13.7. The van der Waals surface area contributed by atoms with Crippen LogP contribution in [0.5, 0.6) is 0 Å². The number of carbonyl (C=O) groups excluding carboxylic acids is 1. The molecule has 0 saturated carbocycles. The monoisotopic (exact) mass is 313 g/mol. The highest BCUT2D eigenvalue weighted by atomic mass is 16.3. The molecule has 1 aliphatic rings. The summed E-state index contributed by atoms with van der Waals surface area (Å²) in [5.74, 6) is 1.87. The van der Waals surface area contributed by atoms with Gasteiger partial charge < -0.3 is 14.6 Å². The van der Waals surface area contributed by atoms with Crippen LogP contribution in [0.15, 0.2) is 34.9 Å². The number of urea groups is 1. The minimum Gasteiger partial charge on any atom is -0.464 e. The minimum atomic E-state index is -0.0393. The highest BCUT2D eigenvalue weighted by Crippen LogP contribution is 2.33. The van der Waals surface area contributed by atoms with Gasteiger partial charge in [0.2, 0.25) is 0 Å². The van der Waals surface area contributed by atoms with Crippen LogP contribution in [0.4, 0.5) is 4.79 Å². The zero-order chi connectivity index (χ0) is 16.2. The highest BCUT2D eigenvalue weighted by Gasteiger charge is 2.31. The first-order valence-corrected chi connectivity index (χ1v) is 8.22. The number of aromatic nitrogens is 1. The van der Waals surface area contributed by atoms with Crippen molar-refractivity contribution in [3.63, 3.8) is 0 Å². The highest BCUT2D eigenvalue weighted by molar-refractivity contribution is 5.75. The van der Waals surface area contributed by atoms with E-state index >= 15 is 0 Å². The fourth-order valence-electron chi connectivity index (χ4n) is 2.95. The Morgan fingerprint density at radius 2 is 2.26 bits per heavy atom. The molecule has 0 bridgehead atoms. The molecular weight excluding hydrogens is 290 g/mol. The number of amides is 2. The number of furan rings is 1. The molecule has 0 aromatic carbocycles. The molecule has 3 heterocycles. The molecule has 0 aliphatic carbocycles. The van der Waals surface area contributed by atoms with Crippen molar-refractivity contribution in [1.29, 1.82) is 0 Å². The van der Waals surface area contributed by atoms with Gasteiger partial charge in [-0.2, -0.15) is 0 Å². The molecule has 1 aliphatic heterocycles. The fourth-order valence-corrected chi connectivity index (χ4v) is 2.95. The molecule has 1 N–H and O–H groups in total. The van der Waals surface area contributed by atoms with E-state index in [1.807, 2.05) is 36.1 Å². The van der Waals surface area contributed by atoms with Crippen LogP contribution in [0.25, 0.3) is 0 Å². The van der Waals surface area contributed by atoms with E-state index in [-0.39, 0.29) is 12.1 Å². The van der Waals surface area contributed by atoms with Crippen molar-refractivity contribution in [3.05, 3.63) is 53.2 Å². The average Bonchev–Trinajstić information content (AvgIpc) is 3.22. The first-order chi connectivity index (χ1) is 11.2. The number of pyridine rings is 1. The summed E-state index contributed by atoms with van der Waals surface area (Å²) < 4.78 is 5.84. The number of nitrogens with zero attached hydrogens (tertiary/aromatic N) is 2. The lowest BCUT2D eigenvalue weighted by molar-refractivity contribution is 0.185. The molecule has 1 saturated heterocycles. The van der Waals surface area contributed by atoms with Crippen LogP contribution >= 0.6 is 0 Å². The van der Waals surface area contributed by atoms with Gasteiger partial charge in [0.05, 0.1) is 6.04 Å². The largest absolute Gasteiger partial charge is 0.464 e. The van der Waals surface area contributed by atoms with Crippen molar-refractivity contribution in [2.45, 2.75) is 45.7 Å². The maximum absolute atomic E-state index is 12.5. The number of carbonyl (C=O) groups is 1. The molecule has 23 heavy (non-hydrogen) atoms. The van der Waals surface area contributed by atoms with Gasteiger partial charge in [0.25, 0.3) is 0 Å². The lowest BCUT2D eigenvalue weighted by Gasteiger charge is -2.23. The Morgan fingerprint density at radius 1 is 1.39 bits per heavy atom. The quantitative estimate of drug-likeness (QED) is 0.938. The van der Waals surface area contributed by atoms with E-state index in [4.69, 9.17) is 4.42 Å². The van der Waals surface area contributed by atoms with Crippen molar-refractivity contribution in [2.24, 2.45) is 0 Å². The van der Waals surface area contributed by atoms with Gasteiger partial charge in [-0.25, -0.2) is 4.79 Å². The molecule has 3 rings (SSSR count). The summed E-state index contributed by atoms with van der Waals surface area (Å²) in [6, 6.07) is 7.95.